The smallest absolute Gasteiger partial charge is 0.480 e. The van der Waals surface area contributed by atoms with E-state index in [-0.39, 0.29) is 32.8 Å². The van der Waals surface area contributed by atoms with Crippen molar-refractivity contribution in [2.24, 2.45) is 0 Å². The van der Waals surface area contributed by atoms with Crippen LogP contribution in [0.3, 0.4) is 0 Å². The molecule has 49 heavy (non-hydrogen) atoms. The quantitative estimate of drug-likeness (QED) is 0.1000. The summed E-state index contributed by atoms with van der Waals surface area (Å²) >= 11 is 5.12. The van der Waals surface area contributed by atoms with Gasteiger partial charge in [-0.3, -0.25) is 34.1 Å². The Bertz CT molecular complexity index is 1270. The Morgan fingerprint density at radius 2 is 1.24 bits per heavy atom. The molecule has 2 aromatic rings. The van der Waals surface area contributed by atoms with Crippen LogP contribution in [-0.4, -0.2) is 141 Å². The Morgan fingerprint density at radius 1 is 0.755 bits per heavy atom. The number of carboxylic acid groups (broad SMARTS) is 4. The van der Waals surface area contributed by atoms with E-state index >= 15 is 0 Å². The van der Waals surface area contributed by atoms with Crippen molar-refractivity contribution >= 4 is 47.1 Å². The molecule has 3 rings (SSSR count). The molecule has 0 saturated heterocycles. The summed E-state index contributed by atoms with van der Waals surface area (Å²) in [5, 5.41) is 42.1. The SMILES string of the molecule is CC.Cc1ccc(NC(=S)NCCOCCOC(=O)O)cc1.O=C(O)CN1CCN(CC(=O)O)Cc2cccc(n2)CN(CC(=O)O)CC1. The zero-order valence-electron chi connectivity index (χ0n) is 28.2. The van der Waals surface area contributed by atoms with Gasteiger partial charge in [0.1, 0.15) is 6.61 Å². The molecule has 0 fully saturated rings. The molecule has 272 valence electrons. The molecular weight excluding hydrogens is 660 g/mol. The lowest BCUT2D eigenvalue weighted by molar-refractivity contribution is -0.140. The van der Waals surface area contributed by atoms with Gasteiger partial charge in [-0.2, -0.15) is 0 Å². The van der Waals surface area contributed by atoms with E-state index in [2.05, 4.69) is 20.4 Å². The normalized spacial score (nSPS) is 13.9. The van der Waals surface area contributed by atoms with Gasteiger partial charge in [0.05, 0.1) is 44.2 Å². The molecule has 2 heterocycles. The summed E-state index contributed by atoms with van der Waals surface area (Å²) in [5.74, 6) is -2.91. The predicted octanol–water partition coefficient (Wildman–Crippen LogP) is 2.27. The van der Waals surface area contributed by atoms with Crippen LogP contribution in [0.4, 0.5) is 10.5 Å². The summed E-state index contributed by atoms with van der Waals surface area (Å²) in [5.41, 5.74) is 3.49. The van der Waals surface area contributed by atoms with Gasteiger partial charge in [-0.25, -0.2) is 4.79 Å². The molecular formula is C32H48N6O10S. The number of anilines is 1. The number of rotatable bonds is 13. The van der Waals surface area contributed by atoms with Crippen molar-refractivity contribution < 1.29 is 49.1 Å². The first kappa shape index (κ1) is 42.6. The van der Waals surface area contributed by atoms with Crippen LogP contribution in [0.25, 0.3) is 0 Å². The second-order valence-corrected chi connectivity index (χ2v) is 10.9. The van der Waals surface area contributed by atoms with Crippen LogP contribution in [0, 0.1) is 6.92 Å². The molecule has 0 amide bonds. The van der Waals surface area contributed by atoms with E-state index < -0.39 is 24.1 Å². The van der Waals surface area contributed by atoms with Crippen LogP contribution in [0.15, 0.2) is 42.5 Å². The Balaban J connectivity index is 0.000000486. The van der Waals surface area contributed by atoms with Gasteiger partial charge in [-0.05, 0) is 43.4 Å². The van der Waals surface area contributed by atoms with Crippen LogP contribution in [0.1, 0.15) is 30.8 Å². The fourth-order valence-corrected chi connectivity index (χ4v) is 4.56. The summed E-state index contributed by atoms with van der Waals surface area (Å²) in [4.78, 5) is 53.1. The molecule has 0 radical (unpaired) electrons. The van der Waals surface area contributed by atoms with Gasteiger partial charge in [-0.15, -0.1) is 0 Å². The van der Waals surface area contributed by atoms with Crippen molar-refractivity contribution in [3.63, 3.8) is 0 Å². The number of hydrogen-bond acceptors (Lipinski definition) is 11. The van der Waals surface area contributed by atoms with E-state index in [0.29, 0.717) is 68.9 Å². The Labute approximate surface area is 291 Å². The maximum absolute atomic E-state index is 11.1. The largest absolute Gasteiger partial charge is 0.505 e. The fraction of sp³-hybridized carbons (Fsp3) is 0.500. The summed E-state index contributed by atoms with van der Waals surface area (Å²) in [6.07, 6.45) is -1.30. The molecule has 17 heteroatoms. The van der Waals surface area contributed by atoms with Crippen molar-refractivity contribution in [2.45, 2.75) is 33.9 Å². The third-order valence-corrected chi connectivity index (χ3v) is 6.72. The number of fused-ring (bicyclic) bond motifs is 2. The Morgan fingerprint density at radius 3 is 1.73 bits per heavy atom. The second-order valence-electron chi connectivity index (χ2n) is 10.5. The van der Waals surface area contributed by atoms with Crippen molar-refractivity contribution in [1.29, 1.82) is 0 Å². The van der Waals surface area contributed by atoms with Gasteiger partial charge in [0.25, 0.3) is 0 Å². The van der Waals surface area contributed by atoms with Crippen LogP contribution in [0.2, 0.25) is 0 Å². The molecule has 1 aromatic heterocycles. The number of carboxylic acids is 3. The number of ether oxygens (including phenoxy) is 2. The maximum atomic E-state index is 11.1. The highest BCUT2D eigenvalue weighted by Gasteiger charge is 2.19. The number of carbonyl (C=O) groups is 4. The van der Waals surface area contributed by atoms with E-state index in [0.717, 1.165) is 5.69 Å². The Hall–Kier alpha value is -4.42. The van der Waals surface area contributed by atoms with Gasteiger partial charge in [0.2, 0.25) is 0 Å². The van der Waals surface area contributed by atoms with E-state index in [1.807, 2.05) is 51.1 Å². The average Bonchev–Trinajstić information content (AvgIpc) is 3.03. The molecule has 6 N–H and O–H groups in total. The molecule has 0 spiro atoms. The number of nitrogens with one attached hydrogen (secondary N) is 2. The Kier molecular flexibility index (Phi) is 21.5. The molecule has 0 saturated carbocycles. The summed E-state index contributed by atoms with van der Waals surface area (Å²) < 4.78 is 9.45. The molecule has 1 aliphatic heterocycles. The van der Waals surface area contributed by atoms with E-state index in [1.165, 1.54) is 5.56 Å². The minimum absolute atomic E-state index is 0.0292. The number of aliphatic carboxylic acids is 3. The third kappa shape index (κ3) is 21.2. The number of thiocarbonyl (C=S) groups is 1. The van der Waals surface area contributed by atoms with E-state index in [4.69, 9.17) is 37.4 Å². The van der Waals surface area contributed by atoms with Crippen LogP contribution < -0.4 is 10.6 Å². The minimum Gasteiger partial charge on any atom is -0.480 e. The maximum Gasteiger partial charge on any atom is 0.505 e. The van der Waals surface area contributed by atoms with E-state index in [9.17, 15) is 19.2 Å². The molecule has 1 aliphatic rings. The van der Waals surface area contributed by atoms with Crippen LogP contribution in [-0.2, 0) is 36.9 Å². The molecule has 0 unspecified atom stereocenters. The zero-order chi connectivity index (χ0) is 36.6. The van der Waals surface area contributed by atoms with Crippen molar-refractivity contribution in [3.8, 4) is 0 Å². The number of nitrogens with zero attached hydrogens (tertiary/aromatic N) is 4. The highest BCUT2D eigenvalue weighted by atomic mass is 32.1. The lowest BCUT2D eigenvalue weighted by atomic mass is 10.2. The highest BCUT2D eigenvalue weighted by molar-refractivity contribution is 7.80. The first-order valence-electron chi connectivity index (χ1n) is 15.7. The van der Waals surface area contributed by atoms with Crippen molar-refractivity contribution in [1.82, 2.24) is 25.0 Å². The zero-order valence-corrected chi connectivity index (χ0v) is 29.0. The minimum atomic E-state index is -1.30. The van der Waals surface area contributed by atoms with Gasteiger partial charge in [-0.1, -0.05) is 37.6 Å². The van der Waals surface area contributed by atoms with Gasteiger partial charge >= 0.3 is 24.1 Å². The number of aromatic nitrogens is 1. The van der Waals surface area contributed by atoms with Crippen molar-refractivity contribution in [3.05, 3.63) is 59.4 Å². The lowest BCUT2D eigenvalue weighted by Crippen LogP contribution is -2.44. The standard InChI is InChI=1S/C17H24N4O6.C13H18N2O4S.C2H6/c22-15(23)10-19-4-6-20(11-16(24)25)8-13-2-1-3-14(18-13)9-21(7-5-19)12-17(26)27;1-10-2-4-11(5-3-10)15-12(20)14-6-7-18-8-9-19-13(16)17;1-2/h1-3H,4-12H2,(H,22,23)(H,24,25)(H,26,27);2-5H,6-9H2,1H3,(H,16,17)(H2,14,15,20);1-2H3. The van der Waals surface area contributed by atoms with Crippen molar-refractivity contribution in [2.75, 3.05) is 77.5 Å². The van der Waals surface area contributed by atoms with Crippen LogP contribution >= 0.6 is 12.2 Å². The summed E-state index contributed by atoms with van der Waals surface area (Å²) in [6, 6.07) is 13.3. The third-order valence-electron chi connectivity index (χ3n) is 6.47. The first-order chi connectivity index (χ1) is 23.4. The molecule has 0 atom stereocenters. The number of pyridine rings is 1. The number of benzene rings is 1. The lowest BCUT2D eigenvalue weighted by Gasteiger charge is -2.29. The number of hydrogen-bond donors (Lipinski definition) is 6. The van der Waals surface area contributed by atoms with Gasteiger partial charge in [0.15, 0.2) is 5.11 Å². The fourth-order valence-electron chi connectivity index (χ4n) is 4.34. The summed E-state index contributed by atoms with van der Waals surface area (Å²) in [7, 11) is 0. The van der Waals surface area contributed by atoms with Gasteiger partial charge < -0.3 is 40.5 Å². The van der Waals surface area contributed by atoms with Gasteiger partial charge in [0, 0.05) is 51.5 Å². The number of aryl methyl sites for hydroxylation is 1. The molecule has 16 nitrogen and oxygen atoms in total. The predicted molar refractivity (Wildman–Crippen MR) is 186 cm³/mol. The summed E-state index contributed by atoms with van der Waals surface area (Å²) in [6.45, 7) is 8.79. The van der Waals surface area contributed by atoms with E-state index in [1.54, 1.807) is 26.8 Å². The highest BCUT2D eigenvalue weighted by Crippen LogP contribution is 2.10. The van der Waals surface area contributed by atoms with Crippen LogP contribution in [0.5, 0.6) is 0 Å². The molecule has 2 bridgehead atoms. The second kappa shape index (κ2) is 24.7. The topological polar surface area (TPSA) is 214 Å². The molecule has 0 aliphatic carbocycles. The average molecular weight is 709 g/mol. The molecule has 1 aromatic carbocycles. The first-order valence-corrected chi connectivity index (χ1v) is 16.1. The monoisotopic (exact) mass is 708 g/mol.